The Morgan fingerprint density at radius 1 is 0.667 bits per heavy atom. The average molecular weight is 896 g/mol. The monoisotopic (exact) mass is 892 g/mol. The minimum absolute atomic E-state index is 0.00984. The molecule has 288 valence electrons. The molecule has 0 aromatic carbocycles. The molecular weight excluding hydrogens is 849 g/mol. The van der Waals surface area contributed by atoms with Gasteiger partial charge in [-0.1, -0.05) is 19.3 Å². The summed E-state index contributed by atoms with van der Waals surface area (Å²) >= 11 is 38.4. The molecule has 1 aliphatic carbocycles. The smallest absolute Gasteiger partial charge is 0.307 e. The number of hydrogen-bond donors (Lipinski definition) is 0. The Hall–Kier alpha value is 1.10. The van der Waals surface area contributed by atoms with Crippen LogP contribution in [0.2, 0.25) is 0 Å². The molecule has 0 N–H and O–H groups in total. The van der Waals surface area contributed by atoms with Crippen LogP contribution in [0.25, 0.3) is 0 Å². The summed E-state index contributed by atoms with van der Waals surface area (Å²) in [5.74, 6) is 2.86. The molecule has 1 atom stereocenters. The van der Waals surface area contributed by atoms with Crippen molar-refractivity contribution in [3.05, 3.63) is 6.58 Å². The van der Waals surface area contributed by atoms with Gasteiger partial charge < -0.3 is 9.59 Å². The second kappa shape index (κ2) is 48.1. The van der Waals surface area contributed by atoms with Crippen LogP contribution >= 0.6 is 106 Å². The lowest BCUT2D eigenvalue weighted by atomic mass is 9.98. The molecule has 48 heavy (non-hydrogen) atoms. The first-order valence-corrected chi connectivity index (χ1v) is 21.2. The molecule has 0 aromatic heterocycles. The molecule has 0 aromatic rings. The summed E-state index contributed by atoms with van der Waals surface area (Å²) in [6.45, 7) is 7.31. The number of hydrogen-bond acceptors (Lipinski definition) is 13. The first-order chi connectivity index (χ1) is 23.1. The number of phosphoric acid groups is 2. The number of phosphoric ester groups is 2. The number of alkyl halides is 7. The first-order valence-electron chi connectivity index (χ1n) is 13.9. The Morgan fingerprint density at radius 2 is 1.02 bits per heavy atom. The number of carbonyl (C=O) groups excluding carboxylic acids is 3. The summed E-state index contributed by atoms with van der Waals surface area (Å²) in [6, 6.07) is 0. The highest BCUT2D eigenvalue weighted by Crippen LogP contribution is 2.50. The van der Waals surface area contributed by atoms with Crippen molar-refractivity contribution in [3.63, 3.8) is 0 Å². The normalized spacial score (nSPS) is 13.2. The SMILES string of the molecule is C=C=O.C=O.C=O.O=P(OCCCCl)(OCCCCl)OCC(Cl)CCl.O=P(OCCCl)(OCCCl)OCCCl.O=POC1CCCCC1. The molecule has 23 heteroatoms. The van der Waals surface area contributed by atoms with Crippen molar-refractivity contribution in [1.82, 2.24) is 0 Å². The fraction of sp³-hybridized carbons (Fsp3) is 0.840. The molecule has 0 heterocycles. The van der Waals surface area contributed by atoms with E-state index in [1.54, 1.807) is 0 Å². The van der Waals surface area contributed by atoms with Gasteiger partial charge in [0.15, 0.2) is 0 Å². The second-order valence-corrected chi connectivity index (χ2v) is 14.4. The van der Waals surface area contributed by atoms with Gasteiger partial charge in [0.25, 0.3) is 0 Å². The molecule has 0 radical (unpaired) electrons. The van der Waals surface area contributed by atoms with Gasteiger partial charge in [-0.25, -0.2) is 18.5 Å². The van der Waals surface area contributed by atoms with Gasteiger partial charge in [-0.05, 0) is 32.3 Å². The van der Waals surface area contributed by atoms with Gasteiger partial charge in [0, 0.05) is 35.3 Å². The van der Waals surface area contributed by atoms with Crippen LogP contribution in [-0.4, -0.2) is 106 Å². The molecule has 1 unspecified atom stereocenters. The van der Waals surface area contributed by atoms with Crippen molar-refractivity contribution in [2.24, 2.45) is 0 Å². The summed E-state index contributed by atoms with van der Waals surface area (Å²) in [4.78, 5) is 24.6. The first kappa shape index (κ1) is 58.4. The van der Waals surface area contributed by atoms with Gasteiger partial charge in [0.05, 0.1) is 51.1 Å². The maximum Gasteiger partial charge on any atom is 0.474 e. The van der Waals surface area contributed by atoms with E-state index in [4.69, 9.17) is 127 Å². The minimum Gasteiger partial charge on any atom is -0.307 e. The third-order valence-corrected chi connectivity index (χ3v) is 9.51. The Labute approximate surface area is 321 Å². The third kappa shape index (κ3) is 45.1. The van der Waals surface area contributed by atoms with E-state index in [1.807, 2.05) is 13.6 Å². The van der Waals surface area contributed by atoms with Gasteiger partial charge in [0.2, 0.25) is 0 Å². The highest BCUT2D eigenvalue weighted by Gasteiger charge is 2.28. The standard InChI is InChI=1S/C9H17Cl4O4P.C6H12Cl3O4P.C6H11O2P.C2H2O.2CH2O/c10-3-1-5-15-18(14,16-6-2-4-11)17-8-9(13)7-12;7-1-4-11-14(10,12-5-2-8)13-6-3-9;7-9-8-6-4-2-1-3-5-6;1-2-3;2*1-2/h9H,1-8H2;1-6H2;6H,1-5H2;1H2;2*1H2. The fourth-order valence-electron chi connectivity index (χ4n) is 2.57. The van der Waals surface area contributed by atoms with Crippen LogP contribution in [-0.2, 0) is 59.7 Å². The van der Waals surface area contributed by atoms with E-state index >= 15 is 0 Å². The molecular formula is C25H46Cl7O13P3. The van der Waals surface area contributed by atoms with E-state index < -0.39 is 21.0 Å². The van der Waals surface area contributed by atoms with E-state index in [1.165, 1.54) is 25.2 Å². The van der Waals surface area contributed by atoms with Gasteiger partial charge >= 0.3 is 24.3 Å². The Bertz CT molecular complexity index is 758. The molecule has 0 aliphatic heterocycles. The van der Waals surface area contributed by atoms with Crippen LogP contribution in [0, 0.1) is 0 Å². The molecule has 1 saturated carbocycles. The molecule has 0 spiro atoms. The van der Waals surface area contributed by atoms with E-state index in [0.717, 1.165) is 12.8 Å². The van der Waals surface area contributed by atoms with Crippen molar-refractivity contribution in [1.29, 1.82) is 0 Å². The fourth-order valence-corrected chi connectivity index (χ4v) is 6.38. The molecule has 13 nitrogen and oxygen atoms in total. The zero-order valence-electron chi connectivity index (χ0n) is 26.5. The lowest BCUT2D eigenvalue weighted by Gasteiger charge is -2.18. The number of halogens is 7. The molecule has 1 fully saturated rings. The average Bonchev–Trinajstić information content (AvgIpc) is 3.11. The summed E-state index contributed by atoms with van der Waals surface area (Å²) in [7, 11) is -7.28. The quantitative estimate of drug-likeness (QED) is 0.0413. The van der Waals surface area contributed by atoms with Crippen molar-refractivity contribution in [3.8, 4) is 0 Å². The maximum absolute atomic E-state index is 12.1. The zero-order valence-corrected chi connectivity index (χ0v) is 34.5. The Morgan fingerprint density at radius 3 is 1.33 bits per heavy atom. The second-order valence-electron chi connectivity index (χ2n) is 7.84. The van der Waals surface area contributed by atoms with Crippen LogP contribution in [0.1, 0.15) is 44.9 Å². The van der Waals surface area contributed by atoms with Crippen molar-refractivity contribution < 1.29 is 59.7 Å². The number of carbonyl (C=O) groups is 2. The number of rotatable bonds is 23. The van der Waals surface area contributed by atoms with Gasteiger partial charge in [-0.3, -0.25) is 31.7 Å². The minimum atomic E-state index is -3.61. The van der Waals surface area contributed by atoms with Gasteiger partial charge in [0.1, 0.15) is 19.5 Å². The van der Waals surface area contributed by atoms with Crippen LogP contribution in [0.4, 0.5) is 0 Å². The lowest BCUT2D eigenvalue weighted by molar-refractivity contribution is -0.0987. The van der Waals surface area contributed by atoms with Gasteiger partial charge in [-0.2, -0.15) is 0 Å². The Balaban J connectivity index is -0.000000182. The summed E-state index contributed by atoms with van der Waals surface area (Å²) in [6.07, 6.45) is 7.35. The Kier molecular flexibility index (Phi) is 58.5. The van der Waals surface area contributed by atoms with Crippen molar-refractivity contribution in [2.75, 3.05) is 74.9 Å². The maximum atomic E-state index is 12.1. The third-order valence-electron chi connectivity index (χ3n) is 4.36. The molecule has 1 rings (SSSR count). The van der Waals surface area contributed by atoms with Crippen LogP contribution in [0.3, 0.4) is 0 Å². The molecule has 0 bridgehead atoms. The molecule has 1 aliphatic rings. The molecule has 0 amide bonds. The van der Waals surface area contributed by atoms with Crippen LogP contribution in [0.15, 0.2) is 6.58 Å². The predicted molar refractivity (Wildman–Crippen MR) is 195 cm³/mol. The topological polar surface area (TPSA) is 167 Å². The van der Waals surface area contributed by atoms with Crippen LogP contribution in [0.5, 0.6) is 0 Å². The summed E-state index contributed by atoms with van der Waals surface area (Å²) < 4.78 is 68.4. The highest BCUT2D eigenvalue weighted by atomic mass is 35.5. The van der Waals surface area contributed by atoms with E-state index in [9.17, 15) is 13.7 Å². The predicted octanol–water partition coefficient (Wildman–Crippen LogP) is 9.29. The van der Waals surface area contributed by atoms with Crippen molar-refractivity contribution >= 4 is 125 Å². The largest absolute Gasteiger partial charge is 0.474 e. The molecule has 0 saturated heterocycles. The van der Waals surface area contributed by atoms with E-state index in [2.05, 4.69) is 6.58 Å². The van der Waals surface area contributed by atoms with Crippen molar-refractivity contribution in [2.45, 2.75) is 56.4 Å². The summed E-state index contributed by atoms with van der Waals surface area (Å²) in [5.41, 5.74) is 0. The highest BCUT2D eigenvalue weighted by molar-refractivity contribution is 7.48. The van der Waals surface area contributed by atoms with E-state index in [-0.39, 0.29) is 78.0 Å². The van der Waals surface area contributed by atoms with E-state index in [0.29, 0.717) is 24.6 Å². The van der Waals surface area contributed by atoms with Gasteiger partial charge in [-0.15, -0.1) is 81.2 Å². The zero-order chi connectivity index (χ0) is 38.0. The lowest BCUT2D eigenvalue weighted by Crippen LogP contribution is -2.12. The summed E-state index contributed by atoms with van der Waals surface area (Å²) in [5, 5.41) is -0.451. The van der Waals surface area contributed by atoms with Crippen LogP contribution < -0.4 is 0 Å².